The van der Waals surface area contributed by atoms with E-state index < -0.39 is 5.60 Å². The van der Waals surface area contributed by atoms with Gasteiger partial charge in [0.2, 0.25) is 5.91 Å². The number of rotatable bonds is 3. The molecule has 3 amide bonds. The number of nitrogens with zero attached hydrogens (tertiary/aromatic N) is 3. The molecule has 1 aromatic rings. The number of benzene rings is 1. The molecule has 7 nitrogen and oxygen atoms in total. The van der Waals surface area contributed by atoms with Crippen LogP contribution in [0.1, 0.15) is 50.4 Å². The Morgan fingerprint density at radius 1 is 1.00 bits per heavy atom. The van der Waals surface area contributed by atoms with Gasteiger partial charge in [0.05, 0.1) is 0 Å². The highest BCUT2D eigenvalue weighted by molar-refractivity contribution is 5.94. The molecule has 0 N–H and O–H groups in total. The van der Waals surface area contributed by atoms with Crippen LogP contribution in [0.3, 0.4) is 0 Å². The van der Waals surface area contributed by atoms with Gasteiger partial charge in [-0.1, -0.05) is 0 Å². The average molecular weight is 434 g/mol. The Balaban J connectivity index is 1.49. The number of carbonyl (C=O) groups is 3. The largest absolute Gasteiger partial charge is 0.444 e. The third kappa shape index (κ3) is 5.74. The standard InChI is InChI=1S/C23H32FN3O4/c1-23(2,3)31-22(30)25(4)19-14-17(15-19)21(29)27-11-5-10-26(12-13-27)20(28)16-6-8-18(24)9-7-16/h6-9,17,19H,5,10-15H2,1-4H3. The van der Waals surface area contributed by atoms with E-state index in [0.29, 0.717) is 51.0 Å². The average Bonchev–Trinajstić information content (AvgIpc) is 2.91. The maximum atomic E-state index is 13.1. The topological polar surface area (TPSA) is 70.2 Å². The summed E-state index contributed by atoms with van der Waals surface area (Å²) in [5, 5.41) is 0. The van der Waals surface area contributed by atoms with Crippen molar-refractivity contribution in [2.24, 2.45) is 5.92 Å². The van der Waals surface area contributed by atoms with Crippen LogP contribution in [-0.2, 0) is 9.53 Å². The van der Waals surface area contributed by atoms with Crippen LogP contribution in [-0.4, -0.2) is 77.5 Å². The summed E-state index contributed by atoms with van der Waals surface area (Å²) in [7, 11) is 1.71. The van der Waals surface area contributed by atoms with E-state index in [2.05, 4.69) is 0 Å². The summed E-state index contributed by atoms with van der Waals surface area (Å²) in [6.45, 7) is 7.59. The minimum absolute atomic E-state index is 0.00679. The van der Waals surface area contributed by atoms with Gasteiger partial charge in [-0.05, 0) is 64.3 Å². The summed E-state index contributed by atoms with van der Waals surface area (Å²) < 4.78 is 18.5. The Bertz CT molecular complexity index is 815. The normalized spacial score (nSPS) is 21.7. The van der Waals surface area contributed by atoms with Crippen molar-refractivity contribution in [1.29, 1.82) is 0 Å². The van der Waals surface area contributed by atoms with Crippen molar-refractivity contribution in [3.63, 3.8) is 0 Å². The minimum atomic E-state index is -0.548. The number of halogens is 1. The molecule has 0 atom stereocenters. The molecule has 3 rings (SSSR count). The third-order valence-corrected chi connectivity index (χ3v) is 5.88. The molecule has 0 radical (unpaired) electrons. The molecule has 1 aliphatic heterocycles. The smallest absolute Gasteiger partial charge is 0.410 e. The Morgan fingerprint density at radius 3 is 2.19 bits per heavy atom. The zero-order valence-electron chi connectivity index (χ0n) is 18.8. The van der Waals surface area contributed by atoms with Gasteiger partial charge in [0.15, 0.2) is 0 Å². The van der Waals surface area contributed by atoms with Gasteiger partial charge in [-0.3, -0.25) is 9.59 Å². The molecule has 0 unspecified atom stereocenters. The predicted octanol–water partition coefficient (Wildman–Crippen LogP) is 3.15. The Kier molecular flexibility index (Phi) is 6.86. The summed E-state index contributed by atoms with van der Waals surface area (Å²) in [6.07, 6.45) is 1.59. The van der Waals surface area contributed by atoms with E-state index in [9.17, 15) is 18.8 Å². The molecule has 0 bridgehead atoms. The first-order valence-corrected chi connectivity index (χ1v) is 10.8. The van der Waals surface area contributed by atoms with Gasteiger partial charge in [0.25, 0.3) is 5.91 Å². The van der Waals surface area contributed by atoms with Gasteiger partial charge in [-0.25, -0.2) is 9.18 Å². The summed E-state index contributed by atoms with van der Waals surface area (Å²) in [6, 6.07) is 5.54. The molecular formula is C23H32FN3O4. The molecule has 31 heavy (non-hydrogen) atoms. The van der Waals surface area contributed by atoms with E-state index in [1.165, 1.54) is 24.3 Å². The second-order valence-electron chi connectivity index (χ2n) is 9.39. The molecule has 2 aliphatic rings. The second kappa shape index (κ2) is 9.24. The number of amides is 3. The molecular weight excluding hydrogens is 401 g/mol. The van der Waals surface area contributed by atoms with Gasteiger partial charge < -0.3 is 19.4 Å². The first-order valence-electron chi connectivity index (χ1n) is 10.8. The molecule has 8 heteroatoms. The van der Waals surface area contributed by atoms with Crippen LogP contribution in [0.2, 0.25) is 0 Å². The first-order chi connectivity index (χ1) is 14.5. The highest BCUT2D eigenvalue weighted by Crippen LogP contribution is 2.33. The van der Waals surface area contributed by atoms with Crippen molar-refractivity contribution in [2.45, 2.75) is 51.7 Å². The summed E-state index contributed by atoms with van der Waals surface area (Å²) >= 11 is 0. The van der Waals surface area contributed by atoms with Crippen molar-refractivity contribution in [3.8, 4) is 0 Å². The van der Waals surface area contributed by atoms with Crippen molar-refractivity contribution in [3.05, 3.63) is 35.6 Å². The summed E-state index contributed by atoms with van der Waals surface area (Å²) in [5.41, 5.74) is -0.0960. The fourth-order valence-corrected chi connectivity index (χ4v) is 3.96. The lowest BCUT2D eigenvalue weighted by atomic mass is 9.78. The molecule has 1 aliphatic carbocycles. The highest BCUT2D eigenvalue weighted by atomic mass is 19.1. The Hall–Kier alpha value is -2.64. The van der Waals surface area contributed by atoms with Gasteiger partial charge in [0, 0.05) is 50.7 Å². The summed E-state index contributed by atoms with van der Waals surface area (Å²) in [5.74, 6) is -0.531. The van der Waals surface area contributed by atoms with E-state index in [4.69, 9.17) is 4.74 Å². The van der Waals surface area contributed by atoms with Crippen LogP contribution in [0.5, 0.6) is 0 Å². The van der Waals surface area contributed by atoms with Crippen molar-refractivity contribution < 1.29 is 23.5 Å². The molecule has 1 saturated heterocycles. The van der Waals surface area contributed by atoms with Gasteiger partial charge in [0.1, 0.15) is 11.4 Å². The fourth-order valence-electron chi connectivity index (χ4n) is 3.96. The maximum Gasteiger partial charge on any atom is 0.410 e. The first kappa shape index (κ1) is 23.0. The maximum absolute atomic E-state index is 13.1. The van der Waals surface area contributed by atoms with Crippen LogP contribution in [0, 0.1) is 11.7 Å². The van der Waals surface area contributed by atoms with Gasteiger partial charge >= 0.3 is 6.09 Å². The van der Waals surface area contributed by atoms with E-state index in [1.54, 1.807) is 16.8 Å². The van der Waals surface area contributed by atoms with Crippen LogP contribution < -0.4 is 0 Å². The summed E-state index contributed by atoms with van der Waals surface area (Å²) in [4.78, 5) is 42.9. The zero-order chi connectivity index (χ0) is 22.8. The number of hydrogen-bond donors (Lipinski definition) is 0. The predicted molar refractivity (Wildman–Crippen MR) is 114 cm³/mol. The van der Waals surface area contributed by atoms with Gasteiger partial charge in [-0.2, -0.15) is 0 Å². The zero-order valence-corrected chi connectivity index (χ0v) is 18.8. The van der Waals surface area contributed by atoms with Crippen LogP contribution in [0.15, 0.2) is 24.3 Å². The molecule has 170 valence electrons. The minimum Gasteiger partial charge on any atom is -0.444 e. The fraction of sp³-hybridized carbons (Fsp3) is 0.609. The molecule has 1 saturated carbocycles. The van der Waals surface area contributed by atoms with Crippen LogP contribution in [0.25, 0.3) is 0 Å². The van der Waals surface area contributed by atoms with Crippen LogP contribution >= 0.6 is 0 Å². The lowest BCUT2D eigenvalue weighted by Gasteiger charge is -2.42. The molecule has 1 heterocycles. The van der Waals surface area contributed by atoms with Crippen LogP contribution in [0.4, 0.5) is 9.18 Å². The molecule has 1 aromatic carbocycles. The lowest BCUT2D eigenvalue weighted by Crippen LogP contribution is -2.52. The number of carbonyl (C=O) groups excluding carboxylic acids is 3. The van der Waals surface area contributed by atoms with Crippen molar-refractivity contribution in [1.82, 2.24) is 14.7 Å². The number of hydrogen-bond acceptors (Lipinski definition) is 4. The number of ether oxygens (including phenoxy) is 1. The van der Waals surface area contributed by atoms with E-state index in [1.807, 2.05) is 25.7 Å². The Morgan fingerprint density at radius 2 is 1.58 bits per heavy atom. The van der Waals surface area contributed by atoms with Gasteiger partial charge in [-0.15, -0.1) is 0 Å². The quantitative estimate of drug-likeness (QED) is 0.734. The molecule has 0 spiro atoms. The Labute approximate surface area is 183 Å². The SMILES string of the molecule is CN(C(=O)OC(C)(C)C)C1CC(C(=O)N2CCCN(C(=O)c3ccc(F)cc3)CC2)C1. The van der Waals surface area contributed by atoms with E-state index >= 15 is 0 Å². The second-order valence-corrected chi connectivity index (χ2v) is 9.39. The van der Waals surface area contributed by atoms with E-state index in [0.717, 1.165) is 0 Å². The molecule has 0 aromatic heterocycles. The lowest BCUT2D eigenvalue weighted by molar-refractivity contribution is -0.140. The molecule has 2 fully saturated rings. The van der Waals surface area contributed by atoms with Crippen molar-refractivity contribution >= 4 is 17.9 Å². The highest BCUT2D eigenvalue weighted by Gasteiger charge is 2.41. The van der Waals surface area contributed by atoms with Crippen molar-refractivity contribution in [2.75, 3.05) is 33.2 Å². The third-order valence-electron chi connectivity index (χ3n) is 5.88. The monoisotopic (exact) mass is 433 g/mol. The van der Waals surface area contributed by atoms with E-state index in [-0.39, 0.29) is 35.7 Å².